The van der Waals surface area contributed by atoms with Crippen molar-refractivity contribution >= 4 is 38.7 Å². The van der Waals surface area contributed by atoms with Gasteiger partial charge >= 0.3 is 0 Å². The summed E-state index contributed by atoms with van der Waals surface area (Å²) in [4.78, 5) is 0.238. The maximum absolute atomic E-state index is 12.6. The van der Waals surface area contributed by atoms with E-state index in [0.717, 1.165) is 5.69 Å². The third kappa shape index (κ3) is 4.50. The second kappa shape index (κ2) is 8.00. The number of phenols is 1. The second-order valence-electron chi connectivity index (χ2n) is 5.67. The first-order valence-corrected chi connectivity index (χ1v) is 9.85. The second-order valence-corrected chi connectivity index (χ2v) is 8.01. The normalized spacial score (nSPS) is 15.4. The summed E-state index contributed by atoms with van der Waals surface area (Å²) in [6.07, 6.45) is 0. The Morgan fingerprint density at radius 1 is 0.962 bits per heavy atom. The summed E-state index contributed by atoms with van der Waals surface area (Å²) in [5.41, 5.74) is 1.40. The number of nitrogens with zero attached hydrogens (tertiary/aromatic N) is 1. The van der Waals surface area contributed by atoms with Crippen molar-refractivity contribution in [2.45, 2.75) is 4.90 Å². The number of hydrogen-bond acceptors (Lipinski definition) is 5. The molecular formula is C17H19N3O4S2. The zero-order chi connectivity index (χ0) is 18.6. The van der Waals surface area contributed by atoms with Gasteiger partial charge in [0.25, 0.3) is 0 Å². The van der Waals surface area contributed by atoms with Crippen molar-refractivity contribution in [3.8, 4) is 5.75 Å². The molecule has 138 valence electrons. The van der Waals surface area contributed by atoms with Gasteiger partial charge in [-0.1, -0.05) is 0 Å². The van der Waals surface area contributed by atoms with Crippen molar-refractivity contribution in [2.24, 2.45) is 0 Å². The Bertz CT molecular complexity index is 862. The van der Waals surface area contributed by atoms with Crippen LogP contribution in [0.1, 0.15) is 0 Å². The van der Waals surface area contributed by atoms with Crippen LogP contribution in [0.15, 0.2) is 53.4 Å². The highest BCUT2D eigenvalue weighted by atomic mass is 32.2. The molecule has 3 N–H and O–H groups in total. The topological polar surface area (TPSA) is 90.9 Å². The van der Waals surface area contributed by atoms with E-state index in [0.29, 0.717) is 37.1 Å². The molecule has 9 heteroatoms. The molecule has 0 unspecified atom stereocenters. The highest BCUT2D eigenvalue weighted by Gasteiger charge is 2.26. The standard InChI is InChI=1S/C17H19N3O4S2/c21-15-5-1-13(2-6-15)18-17(25)19-14-3-7-16(8-4-14)26(22,23)20-9-11-24-12-10-20/h1-8,21H,9-12H2,(H2,18,19,25). The first kappa shape index (κ1) is 18.6. The smallest absolute Gasteiger partial charge is 0.243 e. The molecule has 0 spiro atoms. The van der Waals surface area contributed by atoms with Crippen LogP contribution < -0.4 is 10.6 Å². The van der Waals surface area contributed by atoms with Crippen LogP contribution in [0, 0.1) is 0 Å². The van der Waals surface area contributed by atoms with Crippen molar-refractivity contribution in [2.75, 3.05) is 36.9 Å². The zero-order valence-electron chi connectivity index (χ0n) is 13.9. The first-order chi connectivity index (χ1) is 12.4. The quantitative estimate of drug-likeness (QED) is 0.542. The molecule has 1 heterocycles. The SMILES string of the molecule is O=S(=O)(c1ccc(NC(=S)Nc2ccc(O)cc2)cc1)N1CCOCC1. The van der Waals surface area contributed by atoms with E-state index in [1.54, 1.807) is 48.5 Å². The molecule has 0 radical (unpaired) electrons. The largest absolute Gasteiger partial charge is 0.508 e. The monoisotopic (exact) mass is 393 g/mol. The fourth-order valence-corrected chi connectivity index (χ4v) is 4.13. The Labute approximate surface area is 157 Å². The number of aromatic hydroxyl groups is 1. The molecule has 0 aliphatic carbocycles. The third-order valence-electron chi connectivity index (χ3n) is 3.85. The van der Waals surface area contributed by atoms with E-state index in [1.165, 1.54) is 4.31 Å². The number of nitrogens with one attached hydrogen (secondary N) is 2. The predicted molar refractivity (Wildman–Crippen MR) is 104 cm³/mol. The lowest BCUT2D eigenvalue weighted by atomic mass is 10.3. The summed E-state index contributed by atoms with van der Waals surface area (Å²) in [5.74, 6) is 0.173. The molecule has 3 rings (SSSR count). The minimum atomic E-state index is -3.51. The van der Waals surface area contributed by atoms with Gasteiger partial charge in [0, 0.05) is 24.5 Å². The number of morpholine rings is 1. The highest BCUT2D eigenvalue weighted by molar-refractivity contribution is 7.89. The lowest BCUT2D eigenvalue weighted by Crippen LogP contribution is -2.40. The summed E-state index contributed by atoms with van der Waals surface area (Å²) in [5, 5.41) is 15.6. The van der Waals surface area contributed by atoms with Crippen LogP contribution >= 0.6 is 12.2 Å². The fourth-order valence-electron chi connectivity index (χ4n) is 2.48. The van der Waals surface area contributed by atoms with Crippen molar-refractivity contribution in [1.82, 2.24) is 4.31 Å². The molecule has 1 saturated heterocycles. The van der Waals surface area contributed by atoms with Gasteiger partial charge in [0.1, 0.15) is 5.75 Å². The van der Waals surface area contributed by atoms with Gasteiger partial charge in [0.2, 0.25) is 10.0 Å². The molecule has 26 heavy (non-hydrogen) atoms. The van der Waals surface area contributed by atoms with Crippen LogP contribution in [-0.4, -0.2) is 49.2 Å². The van der Waals surface area contributed by atoms with E-state index < -0.39 is 10.0 Å². The lowest BCUT2D eigenvalue weighted by molar-refractivity contribution is 0.0730. The molecule has 1 aliphatic heterocycles. The number of anilines is 2. The number of ether oxygens (including phenoxy) is 1. The van der Waals surface area contributed by atoms with Gasteiger partial charge in [-0.25, -0.2) is 8.42 Å². The van der Waals surface area contributed by atoms with E-state index in [9.17, 15) is 13.5 Å². The first-order valence-electron chi connectivity index (χ1n) is 8.00. The van der Waals surface area contributed by atoms with E-state index >= 15 is 0 Å². The Morgan fingerprint density at radius 2 is 1.46 bits per heavy atom. The molecular weight excluding hydrogens is 374 g/mol. The van der Waals surface area contributed by atoms with E-state index in [1.807, 2.05) is 0 Å². The minimum Gasteiger partial charge on any atom is -0.508 e. The zero-order valence-corrected chi connectivity index (χ0v) is 15.5. The number of sulfonamides is 1. The van der Waals surface area contributed by atoms with Crippen LogP contribution in [0.4, 0.5) is 11.4 Å². The fraction of sp³-hybridized carbons (Fsp3) is 0.235. The number of thiocarbonyl (C=S) groups is 1. The van der Waals surface area contributed by atoms with Gasteiger partial charge in [-0.3, -0.25) is 0 Å². The minimum absolute atomic E-state index is 0.173. The van der Waals surface area contributed by atoms with Crippen molar-refractivity contribution in [3.63, 3.8) is 0 Å². The van der Waals surface area contributed by atoms with E-state index in [4.69, 9.17) is 17.0 Å². The van der Waals surface area contributed by atoms with Gasteiger partial charge in [-0.2, -0.15) is 4.31 Å². The molecule has 0 aromatic heterocycles. The maximum Gasteiger partial charge on any atom is 0.243 e. The van der Waals surface area contributed by atoms with Crippen molar-refractivity contribution in [3.05, 3.63) is 48.5 Å². The average Bonchev–Trinajstić information content (AvgIpc) is 2.65. The van der Waals surface area contributed by atoms with Crippen molar-refractivity contribution < 1.29 is 18.3 Å². The van der Waals surface area contributed by atoms with Crippen LogP contribution in [0.3, 0.4) is 0 Å². The maximum atomic E-state index is 12.6. The molecule has 7 nitrogen and oxygen atoms in total. The third-order valence-corrected chi connectivity index (χ3v) is 5.96. The molecule has 2 aromatic rings. The summed E-state index contributed by atoms with van der Waals surface area (Å²) in [6, 6.07) is 12.9. The highest BCUT2D eigenvalue weighted by Crippen LogP contribution is 2.20. The molecule has 2 aromatic carbocycles. The van der Waals surface area contributed by atoms with Gasteiger partial charge in [-0.05, 0) is 60.7 Å². The average molecular weight is 393 g/mol. The number of rotatable bonds is 4. The molecule has 0 bridgehead atoms. The number of benzene rings is 2. The van der Waals surface area contributed by atoms with Crippen LogP contribution in [0.5, 0.6) is 5.75 Å². The molecule has 0 amide bonds. The van der Waals surface area contributed by atoms with Gasteiger partial charge in [-0.15, -0.1) is 0 Å². The summed E-state index contributed by atoms with van der Waals surface area (Å²) in [6.45, 7) is 1.55. The Morgan fingerprint density at radius 3 is 2.00 bits per heavy atom. The number of phenolic OH excluding ortho intramolecular Hbond substituents is 1. The Hall–Kier alpha value is -2.20. The van der Waals surface area contributed by atoms with Crippen LogP contribution in [-0.2, 0) is 14.8 Å². The van der Waals surface area contributed by atoms with Gasteiger partial charge < -0.3 is 20.5 Å². The molecule has 0 saturated carbocycles. The summed E-state index contributed by atoms with van der Waals surface area (Å²) >= 11 is 5.23. The number of hydrogen-bond donors (Lipinski definition) is 3. The van der Waals surface area contributed by atoms with Crippen LogP contribution in [0.2, 0.25) is 0 Å². The van der Waals surface area contributed by atoms with Crippen LogP contribution in [0.25, 0.3) is 0 Å². The predicted octanol–water partition coefficient (Wildman–Crippen LogP) is 2.22. The van der Waals surface area contributed by atoms with Gasteiger partial charge in [0.05, 0.1) is 18.1 Å². The van der Waals surface area contributed by atoms with Crippen molar-refractivity contribution in [1.29, 1.82) is 0 Å². The molecule has 0 atom stereocenters. The summed E-state index contributed by atoms with van der Waals surface area (Å²) in [7, 11) is -3.51. The van der Waals surface area contributed by atoms with E-state index in [2.05, 4.69) is 10.6 Å². The lowest BCUT2D eigenvalue weighted by Gasteiger charge is -2.26. The molecule has 1 aliphatic rings. The molecule has 1 fully saturated rings. The Balaban J connectivity index is 1.63. The Kier molecular flexibility index (Phi) is 5.72. The van der Waals surface area contributed by atoms with Gasteiger partial charge in [0.15, 0.2) is 5.11 Å². The van der Waals surface area contributed by atoms with E-state index in [-0.39, 0.29) is 10.6 Å². The summed E-state index contributed by atoms with van der Waals surface area (Å²) < 4.78 is 31.8.